The zero-order chi connectivity index (χ0) is 21.8. The molecule has 4 rings (SSSR count). The van der Waals surface area contributed by atoms with Crippen LogP contribution in [0.15, 0.2) is 77.4 Å². The summed E-state index contributed by atoms with van der Waals surface area (Å²) in [7, 11) is -2.56. The standard InChI is InChI=1S/C21H18N4O4S2/c1-29-17-7-5-16(6-8-17)25(14-20(26)24-21-23-11-12-30-21)31(27,28)19-4-2-3-15-13-22-10-9-18(15)19/h2-13H,14H2,1H3,(H,23,24,26). The molecule has 0 aliphatic rings. The summed E-state index contributed by atoms with van der Waals surface area (Å²) in [5, 5.41) is 5.96. The van der Waals surface area contributed by atoms with Crippen molar-refractivity contribution in [3.8, 4) is 5.75 Å². The van der Waals surface area contributed by atoms with E-state index in [4.69, 9.17) is 4.74 Å². The molecule has 31 heavy (non-hydrogen) atoms. The van der Waals surface area contributed by atoms with Crippen molar-refractivity contribution in [3.63, 3.8) is 0 Å². The Morgan fingerprint density at radius 1 is 1.13 bits per heavy atom. The Bertz CT molecular complexity index is 1300. The van der Waals surface area contributed by atoms with Crippen LogP contribution in [0.2, 0.25) is 0 Å². The second-order valence-corrected chi connectivity index (χ2v) is 9.17. The van der Waals surface area contributed by atoms with E-state index in [1.165, 1.54) is 30.7 Å². The van der Waals surface area contributed by atoms with Crippen molar-refractivity contribution < 1.29 is 17.9 Å². The SMILES string of the molecule is COc1ccc(N(CC(=O)Nc2nccs2)S(=O)(=O)c2cccc3cnccc23)cc1. The smallest absolute Gasteiger partial charge is 0.265 e. The van der Waals surface area contributed by atoms with Gasteiger partial charge in [-0.25, -0.2) is 13.4 Å². The summed E-state index contributed by atoms with van der Waals surface area (Å²) in [5.74, 6) is 0.0702. The number of hydrogen-bond donors (Lipinski definition) is 1. The van der Waals surface area contributed by atoms with Gasteiger partial charge in [-0.05, 0) is 36.4 Å². The number of pyridine rings is 1. The molecule has 1 amide bonds. The van der Waals surface area contributed by atoms with E-state index < -0.39 is 22.5 Å². The van der Waals surface area contributed by atoms with Gasteiger partial charge in [0.05, 0.1) is 17.7 Å². The zero-order valence-electron chi connectivity index (χ0n) is 16.4. The van der Waals surface area contributed by atoms with Crippen molar-refractivity contribution in [2.75, 3.05) is 23.3 Å². The number of sulfonamides is 1. The number of carbonyl (C=O) groups is 1. The first-order valence-corrected chi connectivity index (χ1v) is 11.5. The van der Waals surface area contributed by atoms with Gasteiger partial charge in [0, 0.05) is 34.7 Å². The number of aromatic nitrogens is 2. The minimum absolute atomic E-state index is 0.0882. The Morgan fingerprint density at radius 2 is 1.94 bits per heavy atom. The number of ether oxygens (including phenoxy) is 1. The van der Waals surface area contributed by atoms with Crippen LogP contribution in [0.25, 0.3) is 10.8 Å². The Balaban J connectivity index is 1.77. The molecule has 0 aliphatic carbocycles. The summed E-state index contributed by atoms with van der Waals surface area (Å²) >= 11 is 1.25. The maximum absolute atomic E-state index is 13.7. The largest absolute Gasteiger partial charge is 0.497 e. The molecule has 0 saturated heterocycles. The molecule has 10 heteroatoms. The summed E-state index contributed by atoms with van der Waals surface area (Å²) in [6, 6.07) is 13.1. The van der Waals surface area contributed by atoms with E-state index in [2.05, 4.69) is 15.3 Å². The van der Waals surface area contributed by atoms with E-state index in [0.29, 0.717) is 27.3 Å². The normalized spacial score (nSPS) is 11.3. The highest BCUT2D eigenvalue weighted by Crippen LogP contribution is 2.30. The minimum Gasteiger partial charge on any atom is -0.497 e. The molecular formula is C21H18N4O4S2. The fourth-order valence-electron chi connectivity index (χ4n) is 3.07. The van der Waals surface area contributed by atoms with Gasteiger partial charge < -0.3 is 10.1 Å². The number of hydrogen-bond acceptors (Lipinski definition) is 7. The van der Waals surface area contributed by atoms with E-state index in [0.717, 1.165) is 4.31 Å². The number of thiazole rings is 1. The van der Waals surface area contributed by atoms with Crippen LogP contribution < -0.4 is 14.4 Å². The van der Waals surface area contributed by atoms with E-state index in [9.17, 15) is 13.2 Å². The highest BCUT2D eigenvalue weighted by atomic mass is 32.2. The lowest BCUT2D eigenvalue weighted by atomic mass is 10.2. The van der Waals surface area contributed by atoms with Gasteiger partial charge in [-0.2, -0.15) is 0 Å². The van der Waals surface area contributed by atoms with Gasteiger partial charge in [0.25, 0.3) is 10.0 Å². The number of nitrogens with one attached hydrogen (secondary N) is 1. The van der Waals surface area contributed by atoms with Crippen LogP contribution in [0.4, 0.5) is 10.8 Å². The summed E-state index contributed by atoms with van der Waals surface area (Å²) in [6.07, 6.45) is 4.69. The van der Waals surface area contributed by atoms with E-state index in [-0.39, 0.29) is 4.90 Å². The lowest BCUT2D eigenvalue weighted by Gasteiger charge is -2.24. The number of benzene rings is 2. The van der Waals surface area contributed by atoms with Crippen molar-refractivity contribution in [2.45, 2.75) is 4.90 Å². The third kappa shape index (κ3) is 4.35. The van der Waals surface area contributed by atoms with Gasteiger partial charge in [-0.3, -0.25) is 14.1 Å². The van der Waals surface area contributed by atoms with Crippen LogP contribution in [0.1, 0.15) is 0 Å². The van der Waals surface area contributed by atoms with E-state index in [1.807, 2.05) is 0 Å². The predicted molar refractivity (Wildman–Crippen MR) is 120 cm³/mol. The number of anilines is 2. The van der Waals surface area contributed by atoms with Crippen molar-refractivity contribution in [1.29, 1.82) is 0 Å². The lowest BCUT2D eigenvalue weighted by molar-refractivity contribution is -0.114. The number of fused-ring (bicyclic) bond motifs is 1. The number of methoxy groups -OCH3 is 1. The molecule has 4 aromatic rings. The molecule has 0 unspecified atom stereocenters. The second kappa shape index (κ2) is 8.70. The molecule has 0 radical (unpaired) electrons. The lowest BCUT2D eigenvalue weighted by Crippen LogP contribution is -2.38. The fourth-order valence-corrected chi connectivity index (χ4v) is 5.26. The molecule has 0 bridgehead atoms. The van der Waals surface area contributed by atoms with Crippen LogP contribution in [-0.4, -0.2) is 37.9 Å². The summed E-state index contributed by atoms with van der Waals surface area (Å²) in [4.78, 5) is 20.8. The molecule has 2 heterocycles. The third-order valence-corrected chi connectivity index (χ3v) is 7.06. The number of rotatable bonds is 7. The van der Waals surface area contributed by atoms with E-state index in [1.54, 1.807) is 60.2 Å². The first-order chi connectivity index (χ1) is 15.0. The quantitative estimate of drug-likeness (QED) is 0.458. The molecule has 0 atom stereocenters. The van der Waals surface area contributed by atoms with Gasteiger partial charge in [0.2, 0.25) is 5.91 Å². The Morgan fingerprint density at radius 3 is 2.65 bits per heavy atom. The topological polar surface area (TPSA) is 101 Å². The highest BCUT2D eigenvalue weighted by Gasteiger charge is 2.29. The molecule has 0 fully saturated rings. The highest BCUT2D eigenvalue weighted by molar-refractivity contribution is 7.93. The first-order valence-electron chi connectivity index (χ1n) is 9.18. The third-order valence-electron chi connectivity index (χ3n) is 4.54. The van der Waals surface area contributed by atoms with Crippen LogP contribution in [0, 0.1) is 0 Å². The van der Waals surface area contributed by atoms with Crippen LogP contribution in [0.5, 0.6) is 5.75 Å². The van der Waals surface area contributed by atoms with Crippen molar-refractivity contribution in [2.24, 2.45) is 0 Å². The summed E-state index contributed by atoms with van der Waals surface area (Å²) in [5.41, 5.74) is 0.334. The summed E-state index contributed by atoms with van der Waals surface area (Å²) < 4.78 is 33.7. The number of nitrogens with zero attached hydrogens (tertiary/aromatic N) is 3. The van der Waals surface area contributed by atoms with Crippen LogP contribution in [0.3, 0.4) is 0 Å². The Hall–Kier alpha value is -3.50. The second-order valence-electron chi connectivity index (χ2n) is 6.45. The zero-order valence-corrected chi connectivity index (χ0v) is 18.1. The monoisotopic (exact) mass is 454 g/mol. The Labute approximate surface area is 183 Å². The summed E-state index contributed by atoms with van der Waals surface area (Å²) in [6.45, 7) is -0.421. The predicted octanol–water partition coefficient (Wildman–Crippen LogP) is 3.53. The van der Waals surface area contributed by atoms with Gasteiger partial charge in [0.1, 0.15) is 12.3 Å². The van der Waals surface area contributed by atoms with Gasteiger partial charge in [0.15, 0.2) is 5.13 Å². The molecule has 2 aromatic heterocycles. The van der Waals surface area contributed by atoms with Crippen LogP contribution in [-0.2, 0) is 14.8 Å². The van der Waals surface area contributed by atoms with Crippen LogP contribution >= 0.6 is 11.3 Å². The maximum atomic E-state index is 13.7. The van der Waals surface area contributed by atoms with Gasteiger partial charge in [-0.1, -0.05) is 12.1 Å². The van der Waals surface area contributed by atoms with E-state index >= 15 is 0 Å². The van der Waals surface area contributed by atoms with Gasteiger partial charge in [-0.15, -0.1) is 11.3 Å². The number of amides is 1. The van der Waals surface area contributed by atoms with Gasteiger partial charge >= 0.3 is 0 Å². The average Bonchev–Trinajstić information content (AvgIpc) is 3.30. The Kier molecular flexibility index (Phi) is 5.83. The average molecular weight is 455 g/mol. The molecule has 2 aromatic carbocycles. The van der Waals surface area contributed by atoms with Crippen molar-refractivity contribution in [1.82, 2.24) is 9.97 Å². The van der Waals surface area contributed by atoms with Crippen molar-refractivity contribution in [3.05, 3.63) is 72.5 Å². The molecule has 158 valence electrons. The molecular weight excluding hydrogens is 436 g/mol. The first kappa shape index (κ1) is 20.8. The minimum atomic E-state index is -4.09. The van der Waals surface area contributed by atoms with Crippen molar-refractivity contribution >= 4 is 48.9 Å². The molecule has 0 aliphatic heterocycles. The molecule has 8 nitrogen and oxygen atoms in total. The maximum Gasteiger partial charge on any atom is 0.265 e. The molecule has 1 N–H and O–H groups in total. The molecule has 0 saturated carbocycles. The fraction of sp³-hybridized carbons (Fsp3) is 0.0952. The number of carbonyl (C=O) groups excluding carboxylic acids is 1. The molecule has 0 spiro atoms.